The maximum absolute atomic E-state index is 14.1. The molecule has 6 heteroatoms. The van der Waals surface area contributed by atoms with Crippen LogP contribution in [0.5, 0.6) is 5.75 Å². The lowest BCUT2D eigenvalue weighted by Gasteiger charge is -2.27. The maximum Gasteiger partial charge on any atom is 0.407 e. The first-order valence-corrected chi connectivity index (χ1v) is 7.94. The van der Waals surface area contributed by atoms with Gasteiger partial charge in [0, 0.05) is 18.7 Å². The minimum absolute atomic E-state index is 0.260. The largest absolute Gasteiger partial charge is 0.486 e. The van der Waals surface area contributed by atoms with Crippen LogP contribution in [-0.2, 0) is 13.0 Å². The summed E-state index contributed by atoms with van der Waals surface area (Å²) in [6.07, 6.45) is -0.809. The summed E-state index contributed by atoms with van der Waals surface area (Å²) in [6, 6.07) is 11.7. The Hall–Kier alpha value is -3.07. The number of benzene rings is 2. The van der Waals surface area contributed by atoms with Crippen LogP contribution in [0.2, 0.25) is 0 Å². The molecule has 1 N–H and O–H groups in total. The van der Waals surface area contributed by atoms with E-state index < -0.39 is 18.0 Å². The van der Waals surface area contributed by atoms with Gasteiger partial charge in [0.1, 0.15) is 17.7 Å². The fourth-order valence-corrected chi connectivity index (χ4v) is 2.96. The van der Waals surface area contributed by atoms with Gasteiger partial charge >= 0.3 is 6.09 Å². The van der Waals surface area contributed by atoms with Crippen molar-refractivity contribution >= 4 is 6.09 Å². The van der Waals surface area contributed by atoms with E-state index in [4.69, 9.17) is 15.1 Å². The number of nitrogens with zero attached hydrogens (tertiary/aromatic N) is 2. The number of halogens is 1. The molecule has 5 nitrogen and oxygen atoms in total. The first-order valence-electron chi connectivity index (χ1n) is 7.94. The van der Waals surface area contributed by atoms with Crippen molar-refractivity contribution in [2.75, 3.05) is 6.54 Å². The fourth-order valence-electron chi connectivity index (χ4n) is 2.96. The number of ether oxygens (including phenoxy) is 1. The number of carbonyl (C=O) groups is 1. The fraction of sp³-hybridized carbons (Fsp3) is 0.263. The van der Waals surface area contributed by atoms with Crippen LogP contribution in [0.4, 0.5) is 9.18 Å². The Balaban J connectivity index is 1.78. The average molecular weight is 340 g/mol. The minimum Gasteiger partial charge on any atom is -0.486 e. The van der Waals surface area contributed by atoms with Crippen LogP contribution in [0.3, 0.4) is 0 Å². The molecule has 1 heterocycles. The summed E-state index contributed by atoms with van der Waals surface area (Å²) in [5, 5.41) is 17.9. The second-order valence-electron chi connectivity index (χ2n) is 5.99. The number of nitriles is 1. The van der Waals surface area contributed by atoms with Crippen molar-refractivity contribution < 1.29 is 19.0 Å². The van der Waals surface area contributed by atoms with Crippen molar-refractivity contribution in [1.29, 1.82) is 5.26 Å². The minimum atomic E-state index is -0.940. The van der Waals surface area contributed by atoms with E-state index in [-0.39, 0.29) is 5.56 Å². The monoisotopic (exact) mass is 340 g/mol. The summed E-state index contributed by atoms with van der Waals surface area (Å²) >= 11 is 0. The molecule has 0 bridgehead atoms. The maximum atomic E-state index is 14.1. The SMILES string of the molecule is CC(Oc1ccc2c(c1)CN(C(=O)O)CC2)c1ccc(C#N)cc1F. The molecule has 1 aliphatic rings. The lowest BCUT2D eigenvalue weighted by Crippen LogP contribution is -2.34. The molecule has 2 aromatic carbocycles. The van der Waals surface area contributed by atoms with Crippen LogP contribution in [0.1, 0.15) is 35.3 Å². The van der Waals surface area contributed by atoms with E-state index in [9.17, 15) is 9.18 Å². The number of fused-ring (bicyclic) bond motifs is 1. The van der Waals surface area contributed by atoms with Crippen LogP contribution in [0, 0.1) is 17.1 Å². The summed E-state index contributed by atoms with van der Waals surface area (Å²) in [4.78, 5) is 12.5. The summed E-state index contributed by atoms with van der Waals surface area (Å²) in [6.45, 7) is 2.53. The zero-order chi connectivity index (χ0) is 18.0. The Kier molecular flexibility index (Phi) is 4.57. The molecule has 0 aliphatic carbocycles. The van der Waals surface area contributed by atoms with Gasteiger partial charge in [0.05, 0.1) is 11.6 Å². The van der Waals surface area contributed by atoms with Crippen molar-refractivity contribution in [3.8, 4) is 11.8 Å². The molecule has 0 aromatic heterocycles. The van der Waals surface area contributed by atoms with E-state index in [1.165, 1.54) is 11.0 Å². The lowest BCUT2D eigenvalue weighted by atomic mass is 9.99. The van der Waals surface area contributed by atoms with Crippen LogP contribution in [-0.4, -0.2) is 22.6 Å². The van der Waals surface area contributed by atoms with Crippen LogP contribution < -0.4 is 4.74 Å². The zero-order valence-corrected chi connectivity index (χ0v) is 13.7. The van der Waals surface area contributed by atoms with Crippen molar-refractivity contribution in [2.45, 2.75) is 26.0 Å². The van der Waals surface area contributed by atoms with Crippen LogP contribution >= 0.6 is 0 Å². The molecule has 25 heavy (non-hydrogen) atoms. The van der Waals surface area contributed by atoms with Gasteiger partial charge in [0.15, 0.2) is 0 Å². The number of amides is 1. The van der Waals surface area contributed by atoms with Gasteiger partial charge < -0.3 is 14.7 Å². The van der Waals surface area contributed by atoms with Gasteiger partial charge in [0.2, 0.25) is 0 Å². The van der Waals surface area contributed by atoms with E-state index in [0.717, 1.165) is 11.1 Å². The smallest absolute Gasteiger partial charge is 0.407 e. The van der Waals surface area contributed by atoms with Gasteiger partial charge in [-0.2, -0.15) is 5.26 Å². The van der Waals surface area contributed by atoms with E-state index in [0.29, 0.717) is 30.8 Å². The van der Waals surface area contributed by atoms with Crippen molar-refractivity contribution in [2.24, 2.45) is 0 Å². The lowest BCUT2D eigenvalue weighted by molar-refractivity contribution is 0.139. The Morgan fingerprint density at radius 2 is 2.12 bits per heavy atom. The summed E-state index contributed by atoms with van der Waals surface area (Å²) in [5.74, 6) is 0.0730. The number of hydrogen-bond donors (Lipinski definition) is 1. The Morgan fingerprint density at radius 3 is 2.80 bits per heavy atom. The molecule has 0 radical (unpaired) electrons. The van der Waals surface area contributed by atoms with E-state index in [2.05, 4.69) is 0 Å². The molecule has 0 saturated heterocycles. The predicted octanol–water partition coefficient (Wildman–Crippen LogP) is 3.87. The molecule has 3 rings (SSSR count). The van der Waals surface area contributed by atoms with Gasteiger partial charge in [-0.3, -0.25) is 0 Å². The first-order chi connectivity index (χ1) is 12.0. The summed E-state index contributed by atoms with van der Waals surface area (Å²) in [7, 11) is 0. The summed E-state index contributed by atoms with van der Waals surface area (Å²) < 4.78 is 19.9. The molecule has 0 fully saturated rings. The number of carboxylic acid groups (broad SMARTS) is 1. The highest BCUT2D eigenvalue weighted by Gasteiger charge is 2.21. The first kappa shape index (κ1) is 16.8. The molecular weight excluding hydrogens is 323 g/mol. The average Bonchev–Trinajstić information content (AvgIpc) is 2.60. The van der Waals surface area contributed by atoms with E-state index in [1.54, 1.807) is 19.1 Å². The zero-order valence-electron chi connectivity index (χ0n) is 13.7. The molecule has 2 aromatic rings. The molecule has 0 saturated carbocycles. The standard InChI is InChI=1S/C19H17FN2O3/c1-12(17-5-2-13(10-21)8-18(17)20)25-16-4-3-14-6-7-22(19(23)24)11-15(14)9-16/h2-5,8-9,12H,6-7,11H2,1H3,(H,23,24). The number of hydrogen-bond acceptors (Lipinski definition) is 3. The molecular formula is C19H17FN2O3. The van der Waals surface area contributed by atoms with Crippen molar-refractivity contribution in [3.63, 3.8) is 0 Å². The molecule has 128 valence electrons. The second kappa shape index (κ2) is 6.81. The van der Waals surface area contributed by atoms with Crippen LogP contribution in [0.25, 0.3) is 0 Å². The topological polar surface area (TPSA) is 73.6 Å². The van der Waals surface area contributed by atoms with Gasteiger partial charge in [-0.05, 0) is 48.7 Å². The molecule has 0 spiro atoms. The third-order valence-corrected chi connectivity index (χ3v) is 4.34. The van der Waals surface area contributed by atoms with Gasteiger partial charge in [0.25, 0.3) is 0 Å². The highest BCUT2D eigenvalue weighted by Crippen LogP contribution is 2.28. The van der Waals surface area contributed by atoms with E-state index in [1.807, 2.05) is 24.3 Å². The normalized spacial score (nSPS) is 14.4. The van der Waals surface area contributed by atoms with E-state index >= 15 is 0 Å². The highest BCUT2D eigenvalue weighted by atomic mass is 19.1. The Morgan fingerprint density at radius 1 is 1.32 bits per heavy atom. The third kappa shape index (κ3) is 3.56. The quantitative estimate of drug-likeness (QED) is 0.920. The Labute approximate surface area is 144 Å². The van der Waals surface area contributed by atoms with Gasteiger partial charge in [-0.15, -0.1) is 0 Å². The molecule has 1 atom stereocenters. The van der Waals surface area contributed by atoms with Crippen LogP contribution in [0.15, 0.2) is 36.4 Å². The van der Waals surface area contributed by atoms with Gasteiger partial charge in [-0.25, -0.2) is 9.18 Å². The molecule has 1 unspecified atom stereocenters. The summed E-state index contributed by atoms with van der Waals surface area (Å²) in [5.41, 5.74) is 2.63. The highest BCUT2D eigenvalue weighted by molar-refractivity contribution is 5.65. The second-order valence-corrected chi connectivity index (χ2v) is 5.99. The third-order valence-electron chi connectivity index (χ3n) is 4.34. The predicted molar refractivity (Wildman–Crippen MR) is 88.7 cm³/mol. The number of rotatable bonds is 3. The van der Waals surface area contributed by atoms with Crippen molar-refractivity contribution in [3.05, 3.63) is 64.5 Å². The Bertz CT molecular complexity index is 860. The molecule has 1 amide bonds. The van der Waals surface area contributed by atoms with Crippen molar-refractivity contribution in [1.82, 2.24) is 4.90 Å². The van der Waals surface area contributed by atoms with Gasteiger partial charge in [-0.1, -0.05) is 12.1 Å². The molecule has 1 aliphatic heterocycles.